The number of ether oxygens (including phenoxy) is 1. The molecule has 0 bridgehead atoms. The van der Waals surface area contributed by atoms with Crippen LogP contribution in [-0.2, 0) is 11.3 Å². The predicted molar refractivity (Wildman–Crippen MR) is 84.3 cm³/mol. The highest BCUT2D eigenvalue weighted by Crippen LogP contribution is 2.21. The summed E-state index contributed by atoms with van der Waals surface area (Å²) in [5, 5.41) is 4.34. The number of amides is 1. The van der Waals surface area contributed by atoms with Crippen LogP contribution in [0.2, 0.25) is 0 Å². The molecule has 0 aliphatic carbocycles. The minimum atomic E-state index is -0.0549. The second-order valence-electron chi connectivity index (χ2n) is 5.13. The summed E-state index contributed by atoms with van der Waals surface area (Å²) in [6.45, 7) is 9.67. The molecule has 0 radical (unpaired) electrons. The van der Waals surface area contributed by atoms with E-state index in [4.69, 9.17) is 10.5 Å². The normalized spacial score (nSPS) is 11.1. The average Bonchev–Trinajstić information content (AvgIpc) is 2.78. The van der Waals surface area contributed by atoms with Gasteiger partial charge in [-0.1, -0.05) is 13.8 Å². The molecular weight excluding hydrogens is 268 g/mol. The largest absolute Gasteiger partial charge is 0.395 e. The number of carbonyl (C=O) groups is 1. The average molecular weight is 296 g/mol. The third-order valence-electron chi connectivity index (χ3n) is 3.86. The third-order valence-corrected chi connectivity index (χ3v) is 3.86. The van der Waals surface area contributed by atoms with Crippen LogP contribution in [0, 0.1) is 6.92 Å². The quantitative estimate of drug-likeness (QED) is 0.797. The van der Waals surface area contributed by atoms with E-state index in [2.05, 4.69) is 18.9 Å². The van der Waals surface area contributed by atoms with Crippen molar-refractivity contribution in [3.8, 4) is 0 Å². The van der Waals surface area contributed by atoms with E-state index < -0.39 is 0 Å². The Balaban J connectivity index is 3.15. The lowest BCUT2D eigenvalue weighted by Gasteiger charge is -2.30. The maximum Gasteiger partial charge on any atom is 0.274 e. The number of nitrogen functional groups attached to an aromatic ring is 1. The number of aryl methyl sites for hydroxylation is 2. The standard InChI is InChI=1S/C15H28N4O2/c1-6-12(7-2)18(9-10-21-5)15(20)14-13(16)11(4)17-19(14)8-3/h12H,6-10,16H2,1-5H3. The van der Waals surface area contributed by atoms with Gasteiger partial charge in [0, 0.05) is 26.2 Å². The van der Waals surface area contributed by atoms with Gasteiger partial charge in [0.15, 0.2) is 0 Å². The van der Waals surface area contributed by atoms with E-state index in [0.717, 1.165) is 12.8 Å². The van der Waals surface area contributed by atoms with Crippen molar-refractivity contribution in [2.45, 2.75) is 53.1 Å². The molecule has 1 aromatic heterocycles. The van der Waals surface area contributed by atoms with Crippen molar-refractivity contribution in [2.24, 2.45) is 0 Å². The fraction of sp³-hybridized carbons (Fsp3) is 0.733. The minimum Gasteiger partial charge on any atom is -0.395 e. The second-order valence-corrected chi connectivity index (χ2v) is 5.13. The van der Waals surface area contributed by atoms with Crippen LogP contribution in [0.25, 0.3) is 0 Å². The fourth-order valence-electron chi connectivity index (χ4n) is 2.55. The lowest BCUT2D eigenvalue weighted by molar-refractivity contribution is 0.0578. The highest BCUT2D eigenvalue weighted by molar-refractivity contribution is 5.98. The molecule has 0 atom stereocenters. The van der Waals surface area contributed by atoms with Crippen molar-refractivity contribution in [3.05, 3.63) is 11.4 Å². The number of nitrogens with two attached hydrogens (primary N) is 1. The summed E-state index contributed by atoms with van der Waals surface area (Å²) >= 11 is 0. The first kappa shape index (κ1) is 17.5. The summed E-state index contributed by atoms with van der Waals surface area (Å²) < 4.78 is 6.83. The molecule has 21 heavy (non-hydrogen) atoms. The Morgan fingerprint density at radius 2 is 2.00 bits per heavy atom. The van der Waals surface area contributed by atoms with Gasteiger partial charge in [0.1, 0.15) is 5.69 Å². The molecule has 6 heteroatoms. The molecule has 0 saturated carbocycles. The monoisotopic (exact) mass is 296 g/mol. The van der Waals surface area contributed by atoms with Crippen LogP contribution in [0.3, 0.4) is 0 Å². The second kappa shape index (κ2) is 8.02. The van der Waals surface area contributed by atoms with Gasteiger partial charge in [0.05, 0.1) is 18.0 Å². The van der Waals surface area contributed by atoms with Gasteiger partial charge in [-0.15, -0.1) is 0 Å². The number of methoxy groups -OCH3 is 1. The molecule has 6 nitrogen and oxygen atoms in total. The molecule has 0 aromatic carbocycles. The Labute approximate surface area is 127 Å². The molecule has 1 amide bonds. The Morgan fingerprint density at radius 3 is 2.48 bits per heavy atom. The highest BCUT2D eigenvalue weighted by Gasteiger charge is 2.27. The van der Waals surface area contributed by atoms with Crippen LogP contribution >= 0.6 is 0 Å². The topological polar surface area (TPSA) is 73.4 Å². The summed E-state index contributed by atoms with van der Waals surface area (Å²) in [4.78, 5) is 14.8. The first-order valence-corrected chi connectivity index (χ1v) is 7.64. The summed E-state index contributed by atoms with van der Waals surface area (Å²) in [5.41, 5.74) is 7.75. The molecule has 0 fully saturated rings. The summed E-state index contributed by atoms with van der Waals surface area (Å²) in [7, 11) is 1.64. The van der Waals surface area contributed by atoms with E-state index in [0.29, 0.717) is 36.8 Å². The Bertz CT molecular complexity index is 466. The highest BCUT2D eigenvalue weighted by atomic mass is 16.5. The predicted octanol–water partition coefficient (Wildman–Crippen LogP) is 2.07. The summed E-state index contributed by atoms with van der Waals surface area (Å²) in [5.74, 6) is -0.0549. The number of hydrogen-bond donors (Lipinski definition) is 1. The van der Waals surface area contributed by atoms with Crippen LogP contribution in [0.15, 0.2) is 0 Å². The molecule has 0 aliphatic heterocycles. The molecule has 120 valence electrons. The van der Waals surface area contributed by atoms with Crippen LogP contribution in [0.5, 0.6) is 0 Å². The van der Waals surface area contributed by atoms with Crippen molar-refractivity contribution >= 4 is 11.6 Å². The van der Waals surface area contributed by atoms with Crippen molar-refractivity contribution < 1.29 is 9.53 Å². The summed E-state index contributed by atoms with van der Waals surface area (Å²) in [6.07, 6.45) is 1.82. The SMILES string of the molecule is CCC(CC)N(CCOC)C(=O)c1c(N)c(C)nn1CC. The molecule has 2 N–H and O–H groups in total. The van der Waals surface area contributed by atoms with E-state index in [-0.39, 0.29) is 11.9 Å². The molecule has 1 heterocycles. The molecule has 0 spiro atoms. The number of carbonyl (C=O) groups excluding carboxylic acids is 1. The number of anilines is 1. The molecular formula is C15H28N4O2. The first-order chi connectivity index (χ1) is 10.0. The Kier molecular flexibility index (Phi) is 6.68. The third kappa shape index (κ3) is 3.75. The van der Waals surface area contributed by atoms with Crippen molar-refractivity contribution in [1.82, 2.24) is 14.7 Å². The van der Waals surface area contributed by atoms with Gasteiger partial charge < -0.3 is 15.4 Å². The van der Waals surface area contributed by atoms with Crippen LogP contribution in [0.1, 0.15) is 49.8 Å². The number of nitrogens with zero attached hydrogens (tertiary/aromatic N) is 3. The number of aromatic nitrogens is 2. The molecule has 1 aromatic rings. The van der Waals surface area contributed by atoms with Gasteiger partial charge in [-0.25, -0.2) is 0 Å². The molecule has 1 rings (SSSR count). The first-order valence-electron chi connectivity index (χ1n) is 7.64. The van der Waals surface area contributed by atoms with Crippen LogP contribution in [0.4, 0.5) is 5.69 Å². The van der Waals surface area contributed by atoms with Gasteiger partial charge in [-0.05, 0) is 26.7 Å². The maximum absolute atomic E-state index is 13.0. The van der Waals surface area contributed by atoms with Crippen molar-refractivity contribution in [3.63, 3.8) is 0 Å². The van der Waals surface area contributed by atoms with E-state index in [1.165, 1.54) is 0 Å². The van der Waals surface area contributed by atoms with E-state index in [1.54, 1.807) is 11.8 Å². The Hall–Kier alpha value is -1.56. The molecule has 0 aliphatic rings. The zero-order valence-electron chi connectivity index (χ0n) is 13.8. The number of rotatable bonds is 8. The smallest absolute Gasteiger partial charge is 0.274 e. The molecule has 0 saturated heterocycles. The zero-order chi connectivity index (χ0) is 16.0. The van der Waals surface area contributed by atoms with E-state index >= 15 is 0 Å². The zero-order valence-corrected chi connectivity index (χ0v) is 13.8. The number of hydrogen-bond acceptors (Lipinski definition) is 4. The lowest BCUT2D eigenvalue weighted by atomic mass is 10.1. The Morgan fingerprint density at radius 1 is 1.38 bits per heavy atom. The van der Waals surface area contributed by atoms with Crippen molar-refractivity contribution in [1.29, 1.82) is 0 Å². The van der Waals surface area contributed by atoms with Crippen LogP contribution < -0.4 is 5.73 Å². The van der Waals surface area contributed by atoms with E-state index in [9.17, 15) is 4.79 Å². The van der Waals surface area contributed by atoms with Gasteiger partial charge in [0.25, 0.3) is 5.91 Å². The summed E-state index contributed by atoms with van der Waals surface area (Å²) in [6, 6.07) is 0.188. The lowest BCUT2D eigenvalue weighted by Crippen LogP contribution is -2.42. The van der Waals surface area contributed by atoms with Gasteiger partial charge >= 0.3 is 0 Å². The fourth-order valence-corrected chi connectivity index (χ4v) is 2.55. The van der Waals surface area contributed by atoms with Crippen LogP contribution in [-0.4, -0.2) is 46.9 Å². The van der Waals surface area contributed by atoms with Gasteiger partial charge in [-0.2, -0.15) is 5.10 Å². The van der Waals surface area contributed by atoms with Crippen molar-refractivity contribution in [2.75, 3.05) is 26.0 Å². The van der Waals surface area contributed by atoms with Gasteiger partial charge in [0.2, 0.25) is 0 Å². The maximum atomic E-state index is 13.0. The minimum absolute atomic E-state index is 0.0549. The van der Waals surface area contributed by atoms with E-state index in [1.807, 2.05) is 18.7 Å². The molecule has 0 unspecified atom stereocenters. The van der Waals surface area contributed by atoms with Gasteiger partial charge in [-0.3, -0.25) is 9.48 Å².